The molecule has 0 spiro atoms. The van der Waals surface area contributed by atoms with E-state index in [9.17, 15) is 20.4 Å². The largest absolute Gasteiger partial charge is 0.512 e. The molecule has 26 heavy (non-hydrogen) atoms. The van der Waals surface area contributed by atoms with Crippen LogP contribution >= 0.6 is 0 Å². The first kappa shape index (κ1) is 18.0. The van der Waals surface area contributed by atoms with Gasteiger partial charge in [-0.15, -0.1) is 0 Å². The SMILES string of the molecule is CCc1ccc([C@@H]2CC(O)=C3C(=O)CC(C)(C)C=C3C2(C#N)C#N)cc1. The van der Waals surface area contributed by atoms with Crippen molar-refractivity contribution in [2.75, 3.05) is 0 Å². The Kier molecular flexibility index (Phi) is 4.24. The minimum atomic E-state index is -1.48. The van der Waals surface area contributed by atoms with Crippen LogP contribution in [0.3, 0.4) is 0 Å². The van der Waals surface area contributed by atoms with Gasteiger partial charge in [0.05, 0.1) is 17.7 Å². The van der Waals surface area contributed by atoms with Gasteiger partial charge >= 0.3 is 0 Å². The first-order valence-corrected chi connectivity index (χ1v) is 8.88. The highest BCUT2D eigenvalue weighted by molar-refractivity contribution is 6.03. The maximum absolute atomic E-state index is 12.6. The normalized spacial score (nSPS) is 23.5. The van der Waals surface area contributed by atoms with Crippen molar-refractivity contribution < 1.29 is 9.90 Å². The number of nitrogens with zero attached hydrogens (tertiary/aromatic N) is 2. The number of aryl methyl sites for hydroxylation is 1. The van der Waals surface area contributed by atoms with E-state index in [1.165, 1.54) is 0 Å². The third kappa shape index (κ3) is 2.63. The number of benzene rings is 1. The molecule has 1 aromatic carbocycles. The van der Waals surface area contributed by atoms with Crippen LogP contribution in [-0.4, -0.2) is 10.9 Å². The molecular weight excluding hydrogens is 324 g/mol. The van der Waals surface area contributed by atoms with E-state index in [1.54, 1.807) is 0 Å². The number of nitriles is 2. The average molecular weight is 346 g/mol. The Morgan fingerprint density at radius 2 is 1.81 bits per heavy atom. The van der Waals surface area contributed by atoms with E-state index >= 15 is 0 Å². The van der Waals surface area contributed by atoms with Crippen LogP contribution < -0.4 is 0 Å². The Labute approximate surface area is 154 Å². The molecule has 0 saturated carbocycles. The summed E-state index contributed by atoms with van der Waals surface area (Å²) in [5, 5.41) is 30.7. The molecule has 132 valence electrons. The summed E-state index contributed by atoms with van der Waals surface area (Å²) in [6.07, 6.45) is 3.11. The Morgan fingerprint density at radius 3 is 2.35 bits per heavy atom. The predicted molar refractivity (Wildman–Crippen MR) is 98.0 cm³/mol. The number of hydrogen-bond acceptors (Lipinski definition) is 4. The van der Waals surface area contributed by atoms with Gasteiger partial charge in [0, 0.05) is 18.8 Å². The second-order valence-electron chi connectivity index (χ2n) is 7.85. The summed E-state index contributed by atoms with van der Waals surface area (Å²) in [5.41, 5.74) is 0.599. The highest BCUT2D eigenvalue weighted by Gasteiger charge is 2.53. The summed E-state index contributed by atoms with van der Waals surface area (Å²) in [4.78, 5) is 12.6. The van der Waals surface area contributed by atoms with Crippen LogP contribution in [-0.2, 0) is 11.2 Å². The van der Waals surface area contributed by atoms with Gasteiger partial charge in [-0.25, -0.2) is 0 Å². The highest BCUT2D eigenvalue weighted by atomic mass is 16.3. The Bertz CT molecular complexity index is 891. The monoisotopic (exact) mass is 346 g/mol. The van der Waals surface area contributed by atoms with Crippen molar-refractivity contribution in [2.24, 2.45) is 10.8 Å². The van der Waals surface area contributed by atoms with Crippen LogP contribution in [0.25, 0.3) is 0 Å². The van der Waals surface area contributed by atoms with E-state index in [0.29, 0.717) is 5.57 Å². The molecule has 0 heterocycles. The topological polar surface area (TPSA) is 84.9 Å². The van der Waals surface area contributed by atoms with Gasteiger partial charge in [0.25, 0.3) is 0 Å². The molecule has 0 aliphatic heterocycles. The zero-order valence-corrected chi connectivity index (χ0v) is 15.3. The third-order valence-electron chi connectivity index (χ3n) is 5.48. The number of carbonyl (C=O) groups is 1. The standard InChI is InChI=1S/C22H22N2O2/c1-4-14-5-7-15(8-6-14)16-9-18(25)20-17(22(16,12-23)13-24)10-21(2,3)11-19(20)26/h5-8,10,16,25H,4,9,11H2,1-3H3/t16-/m0/s1. The van der Waals surface area contributed by atoms with Gasteiger partial charge in [0.1, 0.15) is 5.76 Å². The zero-order chi connectivity index (χ0) is 19.1. The maximum atomic E-state index is 12.6. The fraction of sp³-hybridized carbons (Fsp3) is 0.409. The van der Waals surface area contributed by atoms with Crippen molar-refractivity contribution >= 4 is 5.78 Å². The molecular formula is C22H22N2O2. The van der Waals surface area contributed by atoms with Crippen LogP contribution in [0.2, 0.25) is 0 Å². The third-order valence-corrected chi connectivity index (χ3v) is 5.48. The van der Waals surface area contributed by atoms with Gasteiger partial charge in [-0.3, -0.25) is 4.79 Å². The van der Waals surface area contributed by atoms with Crippen molar-refractivity contribution in [2.45, 2.75) is 46.0 Å². The van der Waals surface area contributed by atoms with Crippen LogP contribution in [0.1, 0.15) is 50.7 Å². The predicted octanol–water partition coefficient (Wildman–Crippen LogP) is 4.51. The number of rotatable bonds is 2. The fourth-order valence-electron chi connectivity index (χ4n) is 4.08. The van der Waals surface area contributed by atoms with Crippen LogP contribution in [0.5, 0.6) is 0 Å². The number of hydrogen-bond donors (Lipinski definition) is 1. The van der Waals surface area contributed by atoms with Crippen LogP contribution in [0.4, 0.5) is 0 Å². The summed E-state index contributed by atoms with van der Waals surface area (Å²) in [6, 6.07) is 12.2. The summed E-state index contributed by atoms with van der Waals surface area (Å²) in [7, 11) is 0. The lowest BCUT2D eigenvalue weighted by Crippen LogP contribution is -2.39. The smallest absolute Gasteiger partial charge is 0.176 e. The lowest BCUT2D eigenvalue weighted by atomic mass is 9.58. The number of aliphatic hydroxyl groups excluding tert-OH is 1. The molecule has 0 aromatic heterocycles. The average Bonchev–Trinajstić information content (AvgIpc) is 2.60. The highest BCUT2D eigenvalue weighted by Crippen LogP contribution is 2.55. The van der Waals surface area contributed by atoms with Gasteiger partial charge in [-0.1, -0.05) is 51.1 Å². The molecule has 0 fully saturated rings. The lowest BCUT2D eigenvalue weighted by Gasteiger charge is -2.41. The quantitative estimate of drug-likeness (QED) is 0.854. The molecule has 1 aromatic rings. The minimum absolute atomic E-state index is 0.0116. The molecule has 0 radical (unpaired) electrons. The first-order chi connectivity index (χ1) is 12.3. The summed E-state index contributed by atoms with van der Waals surface area (Å²) in [5.74, 6) is -0.720. The Balaban J connectivity index is 2.24. The van der Waals surface area contributed by atoms with Crippen molar-refractivity contribution in [3.05, 3.63) is 58.4 Å². The number of ketones is 1. The van der Waals surface area contributed by atoms with Crippen molar-refractivity contribution in [1.82, 2.24) is 0 Å². The molecule has 4 heteroatoms. The van der Waals surface area contributed by atoms with Gasteiger partial charge in [-0.2, -0.15) is 10.5 Å². The van der Waals surface area contributed by atoms with Crippen molar-refractivity contribution in [3.8, 4) is 12.1 Å². The first-order valence-electron chi connectivity index (χ1n) is 8.88. The van der Waals surface area contributed by atoms with E-state index in [0.717, 1.165) is 17.5 Å². The maximum Gasteiger partial charge on any atom is 0.176 e. The molecule has 0 saturated heterocycles. The minimum Gasteiger partial charge on any atom is -0.512 e. The number of allylic oxidation sites excluding steroid dienone is 4. The molecule has 4 nitrogen and oxygen atoms in total. The zero-order valence-electron chi connectivity index (χ0n) is 15.3. The second kappa shape index (κ2) is 6.15. The molecule has 1 N–H and O–H groups in total. The van der Waals surface area contributed by atoms with Gasteiger partial charge in [-0.05, 0) is 28.5 Å². The molecule has 0 bridgehead atoms. The number of Topliss-reactive ketones (excluding diaryl/α,β-unsaturated/α-hetero) is 1. The lowest BCUT2D eigenvalue weighted by molar-refractivity contribution is -0.117. The second-order valence-corrected chi connectivity index (χ2v) is 7.85. The van der Waals surface area contributed by atoms with E-state index in [4.69, 9.17) is 0 Å². The molecule has 1 atom stereocenters. The molecule has 3 rings (SSSR count). The Hall–Kier alpha value is -2.85. The van der Waals surface area contributed by atoms with E-state index in [1.807, 2.05) is 44.2 Å². The molecule has 2 aliphatic rings. The van der Waals surface area contributed by atoms with E-state index in [2.05, 4.69) is 19.1 Å². The van der Waals surface area contributed by atoms with E-state index in [-0.39, 0.29) is 30.0 Å². The summed E-state index contributed by atoms with van der Waals surface area (Å²) >= 11 is 0. The van der Waals surface area contributed by atoms with Crippen molar-refractivity contribution in [1.29, 1.82) is 10.5 Å². The number of aliphatic hydroxyl groups is 1. The van der Waals surface area contributed by atoms with Crippen LogP contribution in [0.15, 0.2) is 47.2 Å². The number of carbonyl (C=O) groups excluding carboxylic acids is 1. The van der Waals surface area contributed by atoms with Crippen LogP contribution in [0, 0.1) is 33.5 Å². The molecule has 0 unspecified atom stereocenters. The van der Waals surface area contributed by atoms with Crippen molar-refractivity contribution in [3.63, 3.8) is 0 Å². The fourth-order valence-corrected chi connectivity index (χ4v) is 4.08. The number of fused-ring (bicyclic) bond motifs is 1. The summed E-state index contributed by atoms with van der Waals surface area (Å²) < 4.78 is 0. The van der Waals surface area contributed by atoms with Gasteiger partial charge in [0.2, 0.25) is 0 Å². The summed E-state index contributed by atoms with van der Waals surface area (Å²) in [6.45, 7) is 5.88. The van der Waals surface area contributed by atoms with E-state index < -0.39 is 16.7 Å². The van der Waals surface area contributed by atoms with Gasteiger partial charge < -0.3 is 5.11 Å². The molecule has 2 aliphatic carbocycles. The van der Waals surface area contributed by atoms with Gasteiger partial charge in [0.15, 0.2) is 11.2 Å². The molecule has 0 amide bonds. The Morgan fingerprint density at radius 1 is 1.19 bits per heavy atom.